The van der Waals surface area contributed by atoms with Crippen molar-refractivity contribution in [3.8, 4) is 0 Å². The number of carbonyl (C=O) groups excluding carboxylic acids is 1. The summed E-state index contributed by atoms with van der Waals surface area (Å²) in [5.74, 6) is 0.00331. The van der Waals surface area contributed by atoms with E-state index in [1.807, 2.05) is 25.1 Å². The van der Waals surface area contributed by atoms with Crippen LogP contribution in [0, 0.1) is 6.92 Å². The average Bonchev–Trinajstić information content (AvgIpc) is 2.85. The molecular weight excluding hydrogens is 292 g/mol. The minimum atomic E-state index is 0.00331. The van der Waals surface area contributed by atoms with Crippen LogP contribution in [0.25, 0.3) is 0 Å². The summed E-state index contributed by atoms with van der Waals surface area (Å²) in [6.07, 6.45) is 3.49. The van der Waals surface area contributed by atoms with E-state index in [4.69, 9.17) is 0 Å². The van der Waals surface area contributed by atoms with Crippen LogP contribution >= 0.6 is 15.9 Å². The van der Waals surface area contributed by atoms with Crippen molar-refractivity contribution in [1.82, 2.24) is 10.6 Å². The summed E-state index contributed by atoms with van der Waals surface area (Å²) in [7, 11) is 0. The molecule has 1 atom stereocenters. The summed E-state index contributed by atoms with van der Waals surface area (Å²) in [4.78, 5) is 12.0. The molecule has 1 aromatic rings. The second-order valence-corrected chi connectivity index (χ2v) is 5.57. The van der Waals surface area contributed by atoms with Gasteiger partial charge in [0.1, 0.15) is 0 Å². The van der Waals surface area contributed by atoms with Crippen LogP contribution in [0.15, 0.2) is 22.7 Å². The van der Waals surface area contributed by atoms with Crippen molar-refractivity contribution >= 4 is 21.8 Å². The van der Waals surface area contributed by atoms with Gasteiger partial charge in [0.2, 0.25) is 0 Å². The fourth-order valence-electron chi connectivity index (χ4n) is 2.28. The normalized spacial score (nSPS) is 18.9. The summed E-state index contributed by atoms with van der Waals surface area (Å²) in [6.45, 7) is 3.84. The highest BCUT2D eigenvalue weighted by molar-refractivity contribution is 9.10. The lowest BCUT2D eigenvalue weighted by Gasteiger charge is -2.12. The summed E-state index contributed by atoms with van der Waals surface area (Å²) >= 11 is 3.47. The predicted octanol–water partition coefficient (Wildman–Crippen LogP) is 2.63. The number of nitrogens with one attached hydrogen (secondary N) is 2. The molecular formula is C14H19BrN2O. The van der Waals surface area contributed by atoms with Crippen LogP contribution in [0.3, 0.4) is 0 Å². The molecule has 98 valence electrons. The van der Waals surface area contributed by atoms with Gasteiger partial charge in [-0.1, -0.05) is 12.1 Å². The predicted molar refractivity (Wildman–Crippen MR) is 76.9 cm³/mol. The van der Waals surface area contributed by atoms with Gasteiger partial charge in [-0.15, -0.1) is 0 Å². The van der Waals surface area contributed by atoms with Crippen molar-refractivity contribution < 1.29 is 4.79 Å². The Bertz CT molecular complexity index is 428. The van der Waals surface area contributed by atoms with Gasteiger partial charge in [-0.05, 0) is 60.3 Å². The van der Waals surface area contributed by atoms with Crippen LogP contribution in [0.4, 0.5) is 0 Å². The average molecular weight is 311 g/mol. The fourth-order valence-corrected chi connectivity index (χ4v) is 2.73. The molecule has 1 aliphatic heterocycles. The van der Waals surface area contributed by atoms with Crippen molar-refractivity contribution in [3.05, 3.63) is 33.8 Å². The molecule has 0 spiro atoms. The van der Waals surface area contributed by atoms with E-state index in [2.05, 4.69) is 26.6 Å². The highest BCUT2D eigenvalue weighted by atomic mass is 79.9. The lowest BCUT2D eigenvalue weighted by atomic mass is 10.1. The molecule has 1 saturated heterocycles. The monoisotopic (exact) mass is 310 g/mol. The van der Waals surface area contributed by atoms with Crippen LogP contribution in [0.2, 0.25) is 0 Å². The first-order valence-corrected chi connectivity index (χ1v) is 7.24. The molecule has 1 aromatic carbocycles. The Labute approximate surface area is 116 Å². The highest BCUT2D eigenvalue weighted by Crippen LogP contribution is 2.20. The van der Waals surface area contributed by atoms with Gasteiger partial charge in [0.25, 0.3) is 5.91 Å². The number of rotatable bonds is 4. The van der Waals surface area contributed by atoms with Gasteiger partial charge in [0.15, 0.2) is 0 Å². The molecule has 0 radical (unpaired) electrons. The Balaban J connectivity index is 1.85. The van der Waals surface area contributed by atoms with E-state index in [0.29, 0.717) is 6.04 Å². The molecule has 4 heteroatoms. The molecule has 0 bridgehead atoms. The SMILES string of the molecule is Cc1cccc(C(=O)NCCC2CCCN2)c1Br. The van der Waals surface area contributed by atoms with Gasteiger partial charge in [-0.2, -0.15) is 0 Å². The zero-order chi connectivity index (χ0) is 13.0. The van der Waals surface area contributed by atoms with Crippen molar-refractivity contribution in [1.29, 1.82) is 0 Å². The standard InChI is InChI=1S/C14H19BrN2O/c1-10-4-2-6-12(13(10)15)14(18)17-9-7-11-5-3-8-16-11/h2,4,6,11,16H,3,5,7-9H2,1H3,(H,17,18). The topological polar surface area (TPSA) is 41.1 Å². The van der Waals surface area contributed by atoms with Gasteiger partial charge in [-0.3, -0.25) is 4.79 Å². The second kappa shape index (κ2) is 6.34. The number of aryl methyl sites for hydroxylation is 1. The second-order valence-electron chi connectivity index (χ2n) is 4.77. The van der Waals surface area contributed by atoms with Crippen LogP contribution < -0.4 is 10.6 Å². The summed E-state index contributed by atoms with van der Waals surface area (Å²) in [5, 5.41) is 6.41. The lowest BCUT2D eigenvalue weighted by Crippen LogP contribution is -2.30. The molecule has 0 aliphatic carbocycles. The first-order valence-electron chi connectivity index (χ1n) is 6.45. The first-order chi connectivity index (χ1) is 8.68. The van der Waals surface area contributed by atoms with E-state index >= 15 is 0 Å². The Morgan fingerprint density at radius 1 is 1.56 bits per heavy atom. The Kier molecular flexibility index (Phi) is 4.78. The highest BCUT2D eigenvalue weighted by Gasteiger charge is 2.15. The Morgan fingerprint density at radius 3 is 3.11 bits per heavy atom. The Hall–Kier alpha value is -0.870. The number of benzene rings is 1. The van der Waals surface area contributed by atoms with E-state index in [9.17, 15) is 4.79 Å². The van der Waals surface area contributed by atoms with E-state index in [0.717, 1.165) is 35.1 Å². The summed E-state index contributed by atoms with van der Waals surface area (Å²) in [5.41, 5.74) is 1.80. The van der Waals surface area contributed by atoms with Crippen LogP contribution in [0.1, 0.15) is 35.2 Å². The molecule has 18 heavy (non-hydrogen) atoms. The molecule has 3 nitrogen and oxygen atoms in total. The number of hydrogen-bond donors (Lipinski definition) is 2. The van der Waals surface area contributed by atoms with E-state index in [-0.39, 0.29) is 5.91 Å². The molecule has 2 rings (SSSR count). The summed E-state index contributed by atoms with van der Waals surface area (Å²) in [6, 6.07) is 6.32. The van der Waals surface area contributed by atoms with E-state index < -0.39 is 0 Å². The van der Waals surface area contributed by atoms with E-state index in [1.165, 1.54) is 12.8 Å². The maximum Gasteiger partial charge on any atom is 0.252 e. The van der Waals surface area contributed by atoms with Crippen LogP contribution in [-0.4, -0.2) is 25.0 Å². The molecule has 1 heterocycles. The smallest absolute Gasteiger partial charge is 0.252 e. The van der Waals surface area contributed by atoms with E-state index in [1.54, 1.807) is 0 Å². The third kappa shape index (κ3) is 3.33. The zero-order valence-corrected chi connectivity index (χ0v) is 12.2. The minimum absolute atomic E-state index is 0.00331. The molecule has 2 N–H and O–H groups in total. The molecule has 1 fully saturated rings. The third-order valence-electron chi connectivity index (χ3n) is 3.38. The molecule has 1 aliphatic rings. The van der Waals surface area contributed by atoms with Crippen molar-refractivity contribution in [3.63, 3.8) is 0 Å². The maximum absolute atomic E-state index is 12.0. The number of hydrogen-bond acceptors (Lipinski definition) is 2. The lowest BCUT2D eigenvalue weighted by molar-refractivity contribution is 0.0951. The first kappa shape index (κ1) is 13.6. The summed E-state index contributed by atoms with van der Waals surface area (Å²) < 4.78 is 0.890. The van der Waals surface area contributed by atoms with Crippen molar-refractivity contribution in [2.24, 2.45) is 0 Å². The molecule has 1 amide bonds. The van der Waals surface area contributed by atoms with Crippen LogP contribution in [0.5, 0.6) is 0 Å². The molecule has 1 unspecified atom stereocenters. The van der Waals surface area contributed by atoms with Gasteiger partial charge in [0, 0.05) is 17.1 Å². The molecule has 0 saturated carbocycles. The number of carbonyl (C=O) groups is 1. The van der Waals surface area contributed by atoms with Gasteiger partial charge in [-0.25, -0.2) is 0 Å². The number of halogens is 1. The fraction of sp³-hybridized carbons (Fsp3) is 0.500. The number of amides is 1. The zero-order valence-electron chi connectivity index (χ0n) is 10.6. The van der Waals surface area contributed by atoms with Crippen LogP contribution in [-0.2, 0) is 0 Å². The van der Waals surface area contributed by atoms with Gasteiger partial charge >= 0.3 is 0 Å². The van der Waals surface area contributed by atoms with Gasteiger partial charge in [0.05, 0.1) is 5.56 Å². The third-order valence-corrected chi connectivity index (χ3v) is 4.43. The minimum Gasteiger partial charge on any atom is -0.352 e. The van der Waals surface area contributed by atoms with Gasteiger partial charge < -0.3 is 10.6 Å². The maximum atomic E-state index is 12.0. The molecule has 0 aromatic heterocycles. The van der Waals surface area contributed by atoms with Crippen molar-refractivity contribution in [2.75, 3.05) is 13.1 Å². The largest absolute Gasteiger partial charge is 0.352 e. The van der Waals surface area contributed by atoms with Crippen molar-refractivity contribution in [2.45, 2.75) is 32.2 Å². The quantitative estimate of drug-likeness (QED) is 0.897. The Morgan fingerprint density at radius 2 is 2.39 bits per heavy atom.